The zero-order valence-electron chi connectivity index (χ0n) is 14.8. The first-order valence-corrected chi connectivity index (χ1v) is 8.52. The van der Waals surface area contributed by atoms with Crippen molar-refractivity contribution in [1.29, 1.82) is 0 Å². The summed E-state index contributed by atoms with van der Waals surface area (Å²) in [7, 11) is 2.96. The van der Waals surface area contributed by atoms with Crippen molar-refractivity contribution >= 4 is 17.8 Å². The molecular weight excluding hydrogens is 338 g/mol. The SMILES string of the molecule is COc1c(C)c2c(c(OC)c1C(=O)ON1C(=O)CCC1=O)C1C=CC2C1. The highest BCUT2D eigenvalue weighted by Crippen LogP contribution is 2.56. The molecule has 2 amide bonds. The van der Waals surface area contributed by atoms with Crippen molar-refractivity contribution < 1.29 is 28.7 Å². The minimum absolute atomic E-state index is 0.0398. The maximum absolute atomic E-state index is 12.9. The lowest BCUT2D eigenvalue weighted by molar-refractivity contribution is -0.172. The largest absolute Gasteiger partial charge is 0.495 e. The van der Waals surface area contributed by atoms with Gasteiger partial charge in [-0.3, -0.25) is 9.59 Å². The molecule has 2 aliphatic carbocycles. The molecule has 2 atom stereocenters. The summed E-state index contributed by atoms with van der Waals surface area (Å²) in [5, 5.41) is 0.538. The van der Waals surface area contributed by atoms with E-state index in [-0.39, 0.29) is 30.2 Å². The Labute approximate surface area is 150 Å². The van der Waals surface area contributed by atoms with Crippen molar-refractivity contribution in [2.75, 3.05) is 14.2 Å². The molecule has 0 aromatic heterocycles. The fourth-order valence-electron chi connectivity index (χ4n) is 4.28. The maximum Gasteiger partial charge on any atom is 0.371 e. The summed E-state index contributed by atoms with van der Waals surface area (Å²) in [5.41, 5.74) is 3.05. The molecule has 4 rings (SSSR count). The highest BCUT2D eigenvalue weighted by molar-refractivity contribution is 6.04. The van der Waals surface area contributed by atoms with Gasteiger partial charge in [0, 0.05) is 30.2 Å². The Kier molecular flexibility index (Phi) is 3.75. The average Bonchev–Trinajstić information content (AvgIpc) is 3.32. The first-order valence-electron chi connectivity index (χ1n) is 8.52. The molecule has 7 nitrogen and oxygen atoms in total. The number of rotatable bonds is 4. The molecule has 136 valence electrons. The van der Waals surface area contributed by atoms with E-state index in [1.54, 1.807) is 0 Å². The van der Waals surface area contributed by atoms with Crippen LogP contribution in [0.15, 0.2) is 12.2 Å². The molecule has 26 heavy (non-hydrogen) atoms. The summed E-state index contributed by atoms with van der Waals surface area (Å²) in [4.78, 5) is 41.5. The topological polar surface area (TPSA) is 82.1 Å². The molecule has 1 aromatic carbocycles. The number of ether oxygens (including phenoxy) is 2. The molecule has 1 aromatic rings. The summed E-state index contributed by atoms with van der Waals surface area (Å²) in [6, 6.07) is 0. The minimum Gasteiger partial charge on any atom is -0.495 e. The fourth-order valence-corrected chi connectivity index (χ4v) is 4.28. The lowest BCUT2D eigenvalue weighted by Gasteiger charge is -2.23. The zero-order chi connectivity index (χ0) is 18.6. The number of imide groups is 1. The Bertz CT molecular complexity index is 856. The molecule has 0 radical (unpaired) electrons. The number of methoxy groups -OCH3 is 2. The number of carbonyl (C=O) groups excluding carboxylic acids is 3. The third-order valence-electron chi connectivity index (χ3n) is 5.35. The number of allylic oxidation sites excluding steroid dienone is 2. The summed E-state index contributed by atoms with van der Waals surface area (Å²) in [6.45, 7) is 1.90. The van der Waals surface area contributed by atoms with Gasteiger partial charge < -0.3 is 14.3 Å². The number of carbonyl (C=O) groups is 3. The monoisotopic (exact) mass is 357 g/mol. The molecule has 1 aliphatic heterocycles. The molecule has 2 unspecified atom stereocenters. The number of fused-ring (bicyclic) bond motifs is 5. The van der Waals surface area contributed by atoms with Crippen LogP contribution in [-0.2, 0) is 14.4 Å². The zero-order valence-corrected chi connectivity index (χ0v) is 14.8. The van der Waals surface area contributed by atoms with Crippen LogP contribution in [-0.4, -0.2) is 37.1 Å². The van der Waals surface area contributed by atoms with Gasteiger partial charge in [-0.1, -0.05) is 12.2 Å². The molecule has 0 N–H and O–H groups in total. The van der Waals surface area contributed by atoms with E-state index in [0.29, 0.717) is 16.6 Å². The first-order chi connectivity index (χ1) is 12.5. The second kappa shape index (κ2) is 5.86. The Hall–Kier alpha value is -2.83. The van der Waals surface area contributed by atoms with E-state index in [1.807, 2.05) is 6.92 Å². The number of hydrogen-bond donors (Lipinski definition) is 0. The van der Waals surface area contributed by atoms with Gasteiger partial charge in [-0.05, 0) is 24.5 Å². The fraction of sp³-hybridized carbons (Fsp3) is 0.421. The number of nitrogens with zero attached hydrogens (tertiary/aromatic N) is 1. The van der Waals surface area contributed by atoms with Crippen molar-refractivity contribution in [3.63, 3.8) is 0 Å². The van der Waals surface area contributed by atoms with Gasteiger partial charge in [0.2, 0.25) is 0 Å². The van der Waals surface area contributed by atoms with E-state index in [2.05, 4.69) is 12.2 Å². The third kappa shape index (κ3) is 2.16. The van der Waals surface area contributed by atoms with Crippen LogP contribution < -0.4 is 9.47 Å². The molecular formula is C19H19NO6. The van der Waals surface area contributed by atoms with E-state index < -0.39 is 17.8 Å². The number of hydroxylamine groups is 2. The lowest BCUT2D eigenvalue weighted by atomic mass is 9.88. The van der Waals surface area contributed by atoms with Gasteiger partial charge in [0.05, 0.1) is 14.2 Å². The summed E-state index contributed by atoms with van der Waals surface area (Å²) in [6.07, 6.45) is 5.30. The van der Waals surface area contributed by atoms with Crippen LogP contribution in [0.25, 0.3) is 0 Å². The third-order valence-corrected chi connectivity index (χ3v) is 5.35. The van der Waals surface area contributed by atoms with Crippen LogP contribution in [0.4, 0.5) is 0 Å². The smallest absolute Gasteiger partial charge is 0.371 e. The normalized spacial score (nSPS) is 22.8. The Morgan fingerprint density at radius 1 is 1.00 bits per heavy atom. The van der Waals surface area contributed by atoms with Crippen LogP contribution in [0.3, 0.4) is 0 Å². The molecule has 7 heteroatoms. The van der Waals surface area contributed by atoms with Gasteiger partial charge in [0.1, 0.15) is 17.1 Å². The predicted molar refractivity (Wildman–Crippen MR) is 90.0 cm³/mol. The lowest BCUT2D eigenvalue weighted by Crippen LogP contribution is -2.32. The van der Waals surface area contributed by atoms with Crippen LogP contribution >= 0.6 is 0 Å². The van der Waals surface area contributed by atoms with Crippen molar-refractivity contribution in [2.45, 2.75) is 38.0 Å². The second-order valence-corrected chi connectivity index (χ2v) is 6.69. The van der Waals surface area contributed by atoms with Crippen LogP contribution in [0.2, 0.25) is 0 Å². The minimum atomic E-state index is -0.833. The molecule has 1 fully saturated rings. The van der Waals surface area contributed by atoms with Crippen molar-refractivity contribution in [2.24, 2.45) is 0 Å². The quantitative estimate of drug-likeness (QED) is 0.608. The van der Waals surface area contributed by atoms with E-state index in [4.69, 9.17) is 14.3 Å². The van der Waals surface area contributed by atoms with E-state index in [0.717, 1.165) is 23.1 Å². The van der Waals surface area contributed by atoms with Gasteiger partial charge in [0.15, 0.2) is 0 Å². The molecule has 1 saturated heterocycles. The average molecular weight is 357 g/mol. The second-order valence-electron chi connectivity index (χ2n) is 6.69. The van der Waals surface area contributed by atoms with Gasteiger partial charge in [-0.15, -0.1) is 5.06 Å². The van der Waals surface area contributed by atoms with Gasteiger partial charge in [0.25, 0.3) is 11.8 Å². The molecule has 3 aliphatic rings. The highest BCUT2D eigenvalue weighted by Gasteiger charge is 2.42. The van der Waals surface area contributed by atoms with E-state index in [1.165, 1.54) is 14.2 Å². The van der Waals surface area contributed by atoms with E-state index >= 15 is 0 Å². The highest BCUT2D eigenvalue weighted by atomic mass is 16.7. The van der Waals surface area contributed by atoms with Crippen LogP contribution in [0, 0.1) is 6.92 Å². The number of hydrogen-bond acceptors (Lipinski definition) is 6. The number of benzene rings is 1. The van der Waals surface area contributed by atoms with Crippen LogP contribution in [0.1, 0.15) is 58.1 Å². The van der Waals surface area contributed by atoms with Gasteiger partial charge in [-0.25, -0.2) is 4.79 Å². The van der Waals surface area contributed by atoms with Gasteiger partial charge in [-0.2, -0.15) is 0 Å². The molecule has 0 saturated carbocycles. The molecule has 2 bridgehead atoms. The Balaban J connectivity index is 1.82. The molecule has 1 heterocycles. The van der Waals surface area contributed by atoms with Crippen molar-refractivity contribution in [1.82, 2.24) is 5.06 Å². The first kappa shape index (κ1) is 16.6. The summed E-state index contributed by atoms with van der Waals surface area (Å²) in [5.74, 6) is -0.683. The number of amides is 2. The predicted octanol–water partition coefficient (Wildman–Crippen LogP) is 2.37. The standard InChI is InChI=1S/C19H19NO6/c1-9-14-10-4-5-11(8-10)15(14)18(25-3)16(17(9)24-2)19(23)26-20-12(21)6-7-13(20)22/h4-5,10-11H,6-8H2,1-3H3. The van der Waals surface area contributed by atoms with Crippen LogP contribution in [0.5, 0.6) is 11.5 Å². The molecule has 0 spiro atoms. The van der Waals surface area contributed by atoms with E-state index in [9.17, 15) is 14.4 Å². The Morgan fingerprint density at radius 3 is 2.15 bits per heavy atom. The van der Waals surface area contributed by atoms with Crippen molar-refractivity contribution in [3.05, 3.63) is 34.4 Å². The Morgan fingerprint density at radius 2 is 1.58 bits per heavy atom. The van der Waals surface area contributed by atoms with Gasteiger partial charge >= 0.3 is 5.97 Å². The summed E-state index contributed by atoms with van der Waals surface area (Å²) >= 11 is 0. The van der Waals surface area contributed by atoms with Crippen molar-refractivity contribution in [3.8, 4) is 11.5 Å². The summed E-state index contributed by atoms with van der Waals surface area (Å²) < 4.78 is 11.1. The maximum atomic E-state index is 12.9.